The number of sulfonamides is 1. The lowest BCUT2D eigenvalue weighted by Gasteiger charge is -2.01. The summed E-state index contributed by atoms with van der Waals surface area (Å²) < 4.78 is 22.6. The van der Waals surface area contributed by atoms with Gasteiger partial charge in [0, 0.05) is 18.1 Å². The SMILES string of the molecule is Cc1nc(Nc2ccncc2)sc1-c1ccc(S(N)(=O)=O)cc1. The van der Waals surface area contributed by atoms with Crippen molar-refractivity contribution in [3.05, 3.63) is 54.5 Å². The molecule has 0 amide bonds. The van der Waals surface area contributed by atoms with Crippen LogP contribution >= 0.6 is 11.3 Å². The first-order valence-corrected chi connectivity index (χ1v) is 9.07. The maximum atomic E-state index is 11.3. The van der Waals surface area contributed by atoms with Gasteiger partial charge in [0.25, 0.3) is 0 Å². The Morgan fingerprint density at radius 2 is 1.74 bits per heavy atom. The summed E-state index contributed by atoms with van der Waals surface area (Å²) in [7, 11) is -3.68. The smallest absolute Gasteiger partial charge is 0.238 e. The molecule has 2 heterocycles. The number of aryl methyl sites for hydroxylation is 1. The van der Waals surface area contributed by atoms with E-state index in [0.29, 0.717) is 0 Å². The maximum Gasteiger partial charge on any atom is 0.238 e. The van der Waals surface area contributed by atoms with Crippen LogP contribution in [0.3, 0.4) is 0 Å². The number of nitrogens with zero attached hydrogens (tertiary/aromatic N) is 2. The molecule has 0 spiro atoms. The lowest BCUT2D eigenvalue weighted by Crippen LogP contribution is -2.11. The number of nitrogens with two attached hydrogens (primary N) is 1. The number of pyridine rings is 1. The highest BCUT2D eigenvalue weighted by molar-refractivity contribution is 7.89. The summed E-state index contributed by atoms with van der Waals surface area (Å²) in [6.45, 7) is 1.91. The summed E-state index contributed by atoms with van der Waals surface area (Å²) in [5, 5.41) is 9.10. The lowest BCUT2D eigenvalue weighted by molar-refractivity contribution is 0.598. The second-order valence-corrected chi connectivity index (χ2v) is 7.42. The Morgan fingerprint density at radius 1 is 1.09 bits per heavy atom. The van der Waals surface area contributed by atoms with Crippen molar-refractivity contribution in [3.63, 3.8) is 0 Å². The van der Waals surface area contributed by atoms with E-state index in [1.807, 2.05) is 19.1 Å². The lowest BCUT2D eigenvalue weighted by atomic mass is 10.2. The summed E-state index contributed by atoms with van der Waals surface area (Å²) in [6, 6.07) is 10.2. The fourth-order valence-electron chi connectivity index (χ4n) is 2.07. The van der Waals surface area contributed by atoms with Gasteiger partial charge >= 0.3 is 0 Å². The number of rotatable bonds is 4. The molecule has 0 aliphatic rings. The Morgan fingerprint density at radius 3 is 2.35 bits per heavy atom. The molecule has 6 nitrogen and oxygen atoms in total. The Labute approximate surface area is 138 Å². The predicted octanol–water partition coefficient (Wildman–Crippen LogP) is 2.90. The minimum Gasteiger partial charge on any atom is -0.331 e. The fourth-order valence-corrected chi connectivity index (χ4v) is 3.58. The van der Waals surface area contributed by atoms with Gasteiger partial charge in [0.15, 0.2) is 5.13 Å². The molecule has 1 aromatic carbocycles. The highest BCUT2D eigenvalue weighted by Crippen LogP contribution is 2.34. The van der Waals surface area contributed by atoms with E-state index >= 15 is 0 Å². The highest BCUT2D eigenvalue weighted by Gasteiger charge is 2.12. The fraction of sp³-hybridized carbons (Fsp3) is 0.0667. The van der Waals surface area contributed by atoms with Crippen LogP contribution in [0, 0.1) is 6.92 Å². The summed E-state index contributed by atoms with van der Waals surface area (Å²) in [6.07, 6.45) is 3.41. The number of thiazole rings is 1. The van der Waals surface area contributed by atoms with Crippen molar-refractivity contribution in [3.8, 4) is 10.4 Å². The molecule has 8 heteroatoms. The molecular formula is C15H14N4O2S2. The third-order valence-electron chi connectivity index (χ3n) is 3.17. The van der Waals surface area contributed by atoms with Crippen LogP contribution in [0.2, 0.25) is 0 Å². The molecule has 0 saturated heterocycles. The van der Waals surface area contributed by atoms with Crippen LogP contribution in [0.4, 0.5) is 10.8 Å². The molecule has 3 rings (SSSR count). The van der Waals surface area contributed by atoms with E-state index in [4.69, 9.17) is 5.14 Å². The number of hydrogen-bond donors (Lipinski definition) is 2. The molecule has 3 aromatic rings. The first kappa shape index (κ1) is 15.6. The number of hydrogen-bond acceptors (Lipinski definition) is 6. The van der Waals surface area contributed by atoms with Crippen LogP contribution in [0.25, 0.3) is 10.4 Å². The van der Waals surface area contributed by atoms with Gasteiger partial charge in [0.2, 0.25) is 10.0 Å². The van der Waals surface area contributed by atoms with Gasteiger partial charge in [-0.1, -0.05) is 23.5 Å². The first-order chi connectivity index (χ1) is 10.9. The van der Waals surface area contributed by atoms with Gasteiger partial charge in [-0.05, 0) is 36.8 Å². The standard InChI is InChI=1S/C15H14N4O2S2/c1-10-14(11-2-4-13(5-3-11)23(16,20)21)22-15(18-10)19-12-6-8-17-9-7-12/h2-9H,1H3,(H2,16,20,21)(H,17,18,19). The van der Waals surface area contributed by atoms with Gasteiger partial charge in [0.1, 0.15) is 0 Å². The summed E-state index contributed by atoms with van der Waals surface area (Å²) in [5.74, 6) is 0. The van der Waals surface area contributed by atoms with E-state index in [1.54, 1.807) is 24.5 Å². The van der Waals surface area contributed by atoms with Crippen LogP contribution in [-0.2, 0) is 10.0 Å². The quantitative estimate of drug-likeness (QED) is 0.757. The third-order valence-corrected chi connectivity index (χ3v) is 5.22. The molecule has 0 aliphatic carbocycles. The van der Waals surface area contributed by atoms with Gasteiger partial charge in [-0.2, -0.15) is 0 Å². The third kappa shape index (κ3) is 3.55. The monoisotopic (exact) mass is 346 g/mol. The zero-order valence-electron chi connectivity index (χ0n) is 12.2. The van der Waals surface area contributed by atoms with Gasteiger partial charge < -0.3 is 5.32 Å². The van der Waals surface area contributed by atoms with Gasteiger partial charge in [-0.15, -0.1) is 0 Å². The number of anilines is 2. The highest BCUT2D eigenvalue weighted by atomic mass is 32.2. The number of primary sulfonamides is 1. The predicted molar refractivity (Wildman–Crippen MR) is 91.2 cm³/mol. The topological polar surface area (TPSA) is 98.0 Å². The molecule has 0 aliphatic heterocycles. The zero-order chi connectivity index (χ0) is 16.4. The molecule has 0 atom stereocenters. The summed E-state index contributed by atoms with van der Waals surface area (Å²) >= 11 is 1.50. The normalized spacial score (nSPS) is 11.4. The Balaban J connectivity index is 1.89. The molecule has 118 valence electrons. The van der Waals surface area contributed by atoms with Gasteiger partial charge in [-0.25, -0.2) is 18.5 Å². The van der Waals surface area contributed by atoms with E-state index in [0.717, 1.165) is 27.0 Å². The Kier molecular flexibility index (Phi) is 4.12. The molecule has 0 saturated carbocycles. The number of aromatic nitrogens is 2. The molecule has 0 radical (unpaired) electrons. The van der Waals surface area contributed by atoms with Crippen molar-refractivity contribution >= 4 is 32.2 Å². The van der Waals surface area contributed by atoms with E-state index in [2.05, 4.69) is 15.3 Å². The minimum absolute atomic E-state index is 0.0959. The van der Waals surface area contributed by atoms with Gasteiger partial charge in [0.05, 0.1) is 15.5 Å². The van der Waals surface area contributed by atoms with Crippen molar-refractivity contribution in [1.29, 1.82) is 0 Å². The second-order valence-electron chi connectivity index (χ2n) is 4.86. The van der Waals surface area contributed by atoms with E-state index < -0.39 is 10.0 Å². The molecule has 0 unspecified atom stereocenters. The summed E-state index contributed by atoms with van der Waals surface area (Å²) in [4.78, 5) is 9.54. The van der Waals surface area contributed by atoms with Crippen molar-refractivity contribution in [2.24, 2.45) is 5.14 Å². The second kappa shape index (κ2) is 6.07. The minimum atomic E-state index is -3.68. The molecular weight excluding hydrogens is 332 g/mol. The molecule has 23 heavy (non-hydrogen) atoms. The van der Waals surface area contributed by atoms with Crippen molar-refractivity contribution in [1.82, 2.24) is 9.97 Å². The molecule has 2 aromatic heterocycles. The van der Waals surface area contributed by atoms with Gasteiger partial charge in [-0.3, -0.25) is 4.98 Å². The molecule has 3 N–H and O–H groups in total. The first-order valence-electron chi connectivity index (χ1n) is 6.71. The molecule has 0 fully saturated rings. The number of nitrogens with one attached hydrogen (secondary N) is 1. The largest absolute Gasteiger partial charge is 0.331 e. The average Bonchev–Trinajstić information content (AvgIpc) is 2.88. The Hall–Kier alpha value is -2.29. The van der Waals surface area contributed by atoms with Crippen LogP contribution in [0.1, 0.15) is 5.69 Å². The van der Waals surface area contributed by atoms with Crippen LogP contribution < -0.4 is 10.5 Å². The van der Waals surface area contributed by atoms with Crippen LogP contribution in [0.15, 0.2) is 53.7 Å². The molecule has 0 bridgehead atoms. The summed E-state index contributed by atoms with van der Waals surface area (Å²) in [5.41, 5.74) is 2.68. The number of benzene rings is 1. The maximum absolute atomic E-state index is 11.3. The average molecular weight is 346 g/mol. The van der Waals surface area contributed by atoms with Crippen molar-refractivity contribution in [2.75, 3.05) is 5.32 Å². The van der Waals surface area contributed by atoms with Crippen molar-refractivity contribution < 1.29 is 8.42 Å². The van der Waals surface area contributed by atoms with Crippen molar-refractivity contribution in [2.45, 2.75) is 11.8 Å². The van der Waals surface area contributed by atoms with E-state index in [9.17, 15) is 8.42 Å². The van der Waals surface area contributed by atoms with E-state index in [-0.39, 0.29) is 4.90 Å². The Bertz CT molecular complexity index is 920. The zero-order valence-corrected chi connectivity index (χ0v) is 13.9. The van der Waals surface area contributed by atoms with E-state index in [1.165, 1.54) is 23.5 Å². The van der Waals surface area contributed by atoms with Crippen LogP contribution in [0.5, 0.6) is 0 Å². The van der Waals surface area contributed by atoms with Crippen LogP contribution in [-0.4, -0.2) is 18.4 Å².